The quantitative estimate of drug-likeness (QED) is 0.846. The number of benzene rings is 1. The van der Waals surface area contributed by atoms with Crippen LogP contribution in [0, 0.1) is 0 Å². The Morgan fingerprint density at radius 2 is 1.65 bits per heavy atom. The van der Waals surface area contributed by atoms with Crippen LogP contribution in [0.5, 0.6) is 11.5 Å². The van der Waals surface area contributed by atoms with Crippen molar-refractivity contribution in [3.05, 3.63) is 18.2 Å². The van der Waals surface area contributed by atoms with Crippen molar-refractivity contribution in [2.24, 2.45) is 0 Å². The molecule has 0 spiro atoms. The molecule has 0 bridgehead atoms. The minimum Gasteiger partial charge on any atom is -0.497 e. The highest BCUT2D eigenvalue weighted by Gasteiger charge is 2.10. The Balaban J connectivity index is 2.98. The van der Waals surface area contributed by atoms with Crippen molar-refractivity contribution in [1.82, 2.24) is 0 Å². The van der Waals surface area contributed by atoms with Gasteiger partial charge in [0, 0.05) is 18.2 Å². The number of methoxy groups -OCH3 is 2. The highest BCUT2D eigenvalue weighted by Crippen LogP contribution is 2.26. The monoisotopic (exact) mass is 259 g/mol. The molecule has 0 aliphatic carbocycles. The largest absolute Gasteiger partial charge is 0.497 e. The van der Waals surface area contributed by atoms with Crippen LogP contribution in [0.3, 0.4) is 0 Å². The van der Waals surface area contributed by atoms with Crippen molar-refractivity contribution in [3.63, 3.8) is 0 Å². The van der Waals surface area contributed by atoms with E-state index in [9.17, 15) is 8.42 Å². The first-order valence-corrected chi connectivity index (χ1v) is 6.89. The van der Waals surface area contributed by atoms with Crippen molar-refractivity contribution < 1.29 is 17.9 Å². The van der Waals surface area contributed by atoms with Gasteiger partial charge in [-0.3, -0.25) is 4.72 Å². The predicted molar refractivity (Wildman–Crippen MR) is 67.2 cm³/mol. The molecule has 17 heavy (non-hydrogen) atoms. The highest BCUT2D eigenvalue weighted by atomic mass is 32.2. The topological polar surface area (TPSA) is 64.6 Å². The molecule has 0 atom stereocenters. The fraction of sp³-hybridized carbons (Fsp3) is 0.455. The van der Waals surface area contributed by atoms with Crippen LogP contribution in [-0.2, 0) is 10.0 Å². The summed E-state index contributed by atoms with van der Waals surface area (Å²) in [4.78, 5) is 0. The fourth-order valence-corrected chi connectivity index (χ4v) is 2.48. The molecule has 0 saturated heterocycles. The first kappa shape index (κ1) is 13.6. The molecule has 0 saturated carbocycles. The number of hydrogen-bond donors (Lipinski definition) is 1. The summed E-state index contributed by atoms with van der Waals surface area (Å²) in [7, 11) is -0.270. The van der Waals surface area contributed by atoms with Gasteiger partial charge in [-0.15, -0.1) is 0 Å². The third kappa shape index (κ3) is 4.14. The lowest BCUT2D eigenvalue weighted by atomic mass is 10.3. The van der Waals surface area contributed by atoms with Crippen molar-refractivity contribution >= 4 is 15.7 Å². The van der Waals surface area contributed by atoms with Gasteiger partial charge in [0.15, 0.2) is 0 Å². The standard InChI is InChI=1S/C11H17NO4S/c1-4-5-17(13,14)12-9-6-10(15-2)8-11(7-9)16-3/h6-8,12H,4-5H2,1-3H3. The Bertz CT molecular complexity index is 448. The Hall–Kier alpha value is -1.43. The predicted octanol–water partition coefficient (Wildman–Crippen LogP) is 1.86. The van der Waals surface area contributed by atoms with Gasteiger partial charge in [0.2, 0.25) is 10.0 Å². The van der Waals surface area contributed by atoms with Crippen molar-refractivity contribution in [1.29, 1.82) is 0 Å². The SMILES string of the molecule is CCCS(=O)(=O)Nc1cc(OC)cc(OC)c1. The average molecular weight is 259 g/mol. The summed E-state index contributed by atoms with van der Waals surface area (Å²) in [5, 5.41) is 0. The lowest BCUT2D eigenvalue weighted by molar-refractivity contribution is 0.395. The van der Waals surface area contributed by atoms with E-state index in [1.807, 2.05) is 6.92 Å². The Morgan fingerprint density at radius 1 is 1.12 bits per heavy atom. The summed E-state index contributed by atoms with van der Waals surface area (Å²) in [6, 6.07) is 4.89. The van der Waals surface area contributed by atoms with E-state index in [-0.39, 0.29) is 5.75 Å². The maximum Gasteiger partial charge on any atom is 0.232 e. The van der Waals surface area contributed by atoms with Gasteiger partial charge in [-0.05, 0) is 6.42 Å². The molecule has 1 aromatic rings. The second-order valence-corrected chi connectivity index (χ2v) is 5.36. The van der Waals surface area contributed by atoms with E-state index in [4.69, 9.17) is 9.47 Å². The number of anilines is 1. The second kappa shape index (κ2) is 5.77. The summed E-state index contributed by atoms with van der Waals surface area (Å²) < 4.78 is 35.8. The molecule has 0 radical (unpaired) electrons. The Labute approximate surface area is 102 Å². The summed E-state index contributed by atoms with van der Waals surface area (Å²) >= 11 is 0. The van der Waals surface area contributed by atoms with Crippen molar-refractivity contribution in [3.8, 4) is 11.5 Å². The Morgan fingerprint density at radius 3 is 2.06 bits per heavy atom. The molecule has 0 unspecified atom stereocenters. The molecule has 6 heteroatoms. The van der Waals surface area contributed by atoms with Gasteiger partial charge in [0.1, 0.15) is 11.5 Å². The number of hydrogen-bond acceptors (Lipinski definition) is 4. The summed E-state index contributed by atoms with van der Waals surface area (Å²) in [6.45, 7) is 1.81. The molecular formula is C11H17NO4S. The zero-order valence-electron chi connectivity index (χ0n) is 10.2. The first-order valence-electron chi connectivity index (χ1n) is 5.24. The van der Waals surface area contributed by atoms with E-state index in [0.717, 1.165) is 0 Å². The molecule has 0 aliphatic rings. The maximum atomic E-state index is 11.6. The zero-order chi connectivity index (χ0) is 12.9. The van der Waals surface area contributed by atoms with E-state index in [1.165, 1.54) is 14.2 Å². The van der Waals surface area contributed by atoms with Gasteiger partial charge in [-0.25, -0.2) is 8.42 Å². The lowest BCUT2D eigenvalue weighted by Crippen LogP contribution is -2.16. The molecule has 5 nitrogen and oxygen atoms in total. The van der Waals surface area contributed by atoms with Crippen LogP contribution in [0.4, 0.5) is 5.69 Å². The van der Waals surface area contributed by atoms with Gasteiger partial charge in [-0.1, -0.05) is 6.92 Å². The van der Waals surface area contributed by atoms with E-state index in [2.05, 4.69) is 4.72 Å². The van der Waals surface area contributed by atoms with E-state index in [0.29, 0.717) is 23.6 Å². The molecule has 0 heterocycles. The van der Waals surface area contributed by atoms with Crippen LogP contribution in [0.15, 0.2) is 18.2 Å². The van der Waals surface area contributed by atoms with E-state index >= 15 is 0 Å². The molecule has 0 amide bonds. The van der Waals surface area contributed by atoms with Crippen LogP contribution < -0.4 is 14.2 Å². The van der Waals surface area contributed by atoms with Gasteiger partial charge >= 0.3 is 0 Å². The van der Waals surface area contributed by atoms with Gasteiger partial charge in [-0.2, -0.15) is 0 Å². The summed E-state index contributed by atoms with van der Waals surface area (Å²) in [5.74, 6) is 1.17. The molecule has 0 fully saturated rings. The average Bonchev–Trinajstić information content (AvgIpc) is 2.27. The van der Waals surface area contributed by atoms with Crippen molar-refractivity contribution in [2.45, 2.75) is 13.3 Å². The van der Waals surface area contributed by atoms with Crippen LogP contribution in [0.2, 0.25) is 0 Å². The van der Waals surface area contributed by atoms with E-state index in [1.54, 1.807) is 18.2 Å². The molecule has 1 aromatic carbocycles. The third-order valence-electron chi connectivity index (χ3n) is 2.10. The van der Waals surface area contributed by atoms with Crippen molar-refractivity contribution in [2.75, 3.05) is 24.7 Å². The number of sulfonamides is 1. The number of nitrogens with one attached hydrogen (secondary N) is 1. The molecule has 1 N–H and O–H groups in total. The zero-order valence-corrected chi connectivity index (χ0v) is 11.0. The van der Waals surface area contributed by atoms with Gasteiger partial charge in [0.25, 0.3) is 0 Å². The maximum absolute atomic E-state index is 11.6. The highest BCUT2D eigenvalue weighted by molar-refractivity contribution is 7.92. The fourth-order valence-electron chi connectivity index (χ4n) is 1.37. The minimum absolute atomic E-state index is 0.0898. The number of ether oxygens (including phenoxy) is 2. The van der Waals surface area contributed by atoms with E-state index < -0.39 is 10.0 Å². The molecule has 96 valence electrons. The number of rotatable bonds is 6. The normalized spacial score (nSPS) is 11.0. The molecule has 0 aliphatic heterocycles. The molecule has 1 rings (SSSR count). The Kier molecular flexibility index (Phi) is 4.62. The van der Waals surface area contributed by atoms with Gasteiger partial charge in [0.05, 0.1) is 25.7 Å². The summed E-state index contributed by atoms with van der Waals surface area (Å²) in [6.07, 6.45) is 0.566. The summed E-state index contributed by atoms with van der Waals surface area (Å²) in [5.41, 5.74) is 0.439. The van der Waals surface area contributed by atoms with Crippen LogP contribution in [-0.4, -0.2) is 28.4 Å². The van der Waals surface area contributed by atoms with Gasteiger partial charge < -0.3 is 9.47 Å². The molecule has 0 aromatic heterocycles. The second-order valence-electron chi connectivity index (χ2n) is 3.52. The molecular weight excluding hydrogens is 242 g/mol. The third-order valence-corrected chi connectivity index (χ3v) is 3.59. The lowest BCUT2D eigenvalue weighted by Gasteiger charge is -2.10. The van der Waals surface area contributed by atoms with Crippen LogP contribution in [0.1, 0.15) is 13.3 Å². The van der Waals surface area contributed by atoms with Crippen LogP contribution in [0.25, 0.3) is 0 Å². The van der Waals surface area contributed by atoms with Crippen LogP contribution >= 0.6 is 0 Å². The minimum atomic E-state index is -3.30. The smallest absolute Gasteiger partial charge is 0.232 e. The first-order chi connectivity index (χ1) is 8.00.